The molecule has 8 heteroatoms. The molecule has 2 heterocycles. The first-order chi connectivity index (χ1) is 9.63. The Morgan fingerprint density at radius 1 is 1.25 bits per heavy atom. The van der Waals surface area contributed by atoms with Crippen molar-refractivity contribution in [1.82, 2.24) is 19.7 Å². The zero-order chi connectivity index (χ0) is 14.1. The van der Waals surface area contributed by atoms with Crippen LogP contribution in [0, 0.1) is 10.1 Å². The van der Waals surface area contributed by atoms with E-state index in [2.05, 4.69) is 15.1 Å². The lowest BCUT2D eigenvalue weighted by molar-refractivity contribution is -0.384. The number of nitro benzene ring substituents is 1. The predicted molar refractivity (Wildman–Crippen MR) is 71.9 cm³/mol. The van der Waals surface area contributed by atoms with Crippen LogP contribution in [0.3, 0.4) is 0 Å². The highest BCUT2D eigenvalue weighted by molar-refractivity contribution is 5.81. The molecule has 20 heavy (non-hydrogen) atoms. The number of non-ortho nitro benzene ring substituents is 1. The number of hydrogen-bond acceptors (Lipinski definition) is 6. The summed E-state index contributed by atoms with van der Waals surface area (Å²) in [6.07, 6.45) is 4.67. The molecule has 0 fully saturated rings. The van der Waals surface area contributed by atoms with Gasteiger partial charge < -0.3 is 5.73 Å². The van der Waals surface area contributed by atoms with Crippen LogP contribution >= 0.6 is 0 Å². The van der Waals surface area contributed by atoms with E-state index in [1.807, 2.05) is 0 Å². The van der Waals surface area contributed by atoms with Crippen LogP contribution in [0.4, 0.5) is 11.5 Å². The van der Waals surface area contributed by atoms with E-state index < -0.39 is 4.92 Å². The Balaban J connectivity index is 2.00. The quantitative estimate of drug-likeness (QED) is 0.568. The first kappa shape index (κ1) is 12.0. The Kier molecular flexibility index (Phi) is 2.75. The fourth-order valence-electron chi connectivity index (χ4n) is 1.90. The molecule has 2 aromatic heterocycles. The summed E-state index contributed by atoms with van der Waals surface area (Å²) < 4.78 is 1.64. The van der Waals surface area contributed by atoms with Gasteiger partial charge in [0.15, 0.2) is 0 Å². The largest absolute Gasteiger partial charge is 0.382 e. The normalized spacial score (nSPS) is 10.8. The predicted octanol–water partition coefficient (Wildman–Crippen LogP) is 1.36. The molecule has 0 radical (unpaired) electrons. The molecule has 0 saturated heterocycles. The van der Waals surface area contributed by atoms with Gasteiger partial charge in [0.2, 0.25) is 0 Å². The molecule has 1 aromatic carbocycles. The summed E-state index contributed by atoms with van der Waals surface area (Å²) in [6.45, 7) is 0.373. The van der Waals surface area contributed by atoms with Crippen LogP contribution < -0.4 is 5.73 Å². The molecule has 0 aliphatic heterocycles. The van der Waals surface area contributed by atoms with E-state index in [1.54, 1.807) is 23.1 Å². The molecular weight excluding hydrogens is 260 g/mol. The monoisotopic (exact) mass is 270 g/mol. The fourth-order valence-corrected chi connectivity index (χ4v) is 1.90. The van der Waals surface area contributed by atoms with Gasteiger partial charge >= 0.3 is 0 Å². The van der Waals surface area contributed by atoms with E-state index in [4.69, 9.17) is 5.73 Å². The van der Waals surface area contributed by atoms with E-state index in [-0.39, 0.29) is 5.69 Å². The summed E-state index contributed by atoms with van der Waals surface area (Å²) >= 11 is 0. The number of nitro groups is 1. The zero-order valence-electron chi connectivity index (χ0n) is 10.3. The van der Waals surface area contributed by atoms with Gasteiger partial charge in [0, 0.05) is 17.5 Å². The van der Waals surface area contributed by atoms with Gasteiger partial charge in [-0.15, -0.1) is 0 Å². The van der Waals surface area contributed by atoms with E-state index >= 15 is 0 Å². The van der Waals surface area contributed by atoms with Crippen molar-refractivity contribution in [1.29, 1.82) is 0 Å². The average molecular weight is 270 g/mol. The van der Waals surface area contributed by atoms with Crippen molar-refractivity contribution in [3.8, 4) is 0 Å². The molecule has 0 spiro atoms. The lowest BCUT2D eigenvalue weighted by Gasteiger charge is -2.03. The third kappa shape index (κ3) is 2.14. The van der Waals surface area contributed by atoms with E-state index in [1.165, 1.54) is 18.3 Å². The number of aromatic nitrogens is 4. The SMILES string of the molecule is Nc1cnc(Cn2ncc3ccc([N+](=O)[O-])cc32)cn1. The number of fused-ring (bicyclic) bond motifs is 1. The van der Waals surface area contributed by atoms with Crippen LogP contribution in [0.5, 0.6) is 0 Å². The highest BCUT2D eigenvalue weighted by Crippen LogP contribution is 2.21. The molecular formula is C12H10N6O2. The number of nitrogens with two attached hydrogens (primary N) is 1. The minimum atomic E-state index is -0.431. The second-order valence-corrected chi connectivity index (χ2v) is 4.24. The topological polar surface area (TPSA) is 113 Å². The van der Waals surface area contributed by atoms with Crippen molar-refractivity contribution in [2.24, 2.45) is 0 Å². The molecule has 3 rings (SSSR count). The minimum absolute atomic E-state index is 0.0302. The van der Waals surface area contributed by atoms with Crippen LogP contribution in [0.15, 0.2) is 36.8 Å². The smallest absolute Gasteiger partial charge is 0.271 e. The van der Waals surface area contributed by atoms with Crippen molar-refractivity contribution < 1.29 is 4.92 Å². The molecule has 0 unspecified atom stereocenters. The Labute approximate surface area is 113 Å². The Morgan fingerprint density at radius 3 is 2.80 bits per heavy atom. The zero-order valence-corrected chi connectivity index (χ0v) is 10.3. The van der Waals surface area contributed by atoms with Crippen molar-refractivity contribution in [3.63, 3.8) is 0 Å². The Morgan fingerprint density at radius 2 is 2.10 bits per heavy atom. The summed E-state index contributed by atoms with van der Waals surface area (Å²) in [5.74, 6) is 0.342. The van der Waals surface area contributed by atoms with Crippen LogP contribution in [0.25, 0.3) is 10.9 Å². The Bertz CT molecular complexity index is 780. The van der Waals surface area contributed by atoms with Crippen LogP contribution in [0.2, 0.25) is 0 Å². The second-order valence-electron chi connectivity index (χ2n) is 4.24. The van der Waals surface area contributed by atoms with Gasteiger partial charge in [-0.05, 0) is 6.07 Å². The molecule has 0 bridgehead atoms. The van der Waals surface area contributed by atoms with E-state index in [0.29, 0.717) is 23.6 Å². The molecule has 2 N–H and O–H groups in total. The van der Waals surface area contributed by atoms with E-state index in [0.717, 1.165) is 5.39 Å². The first-order valence-corrected chi connectivity index (χ1v) is 5.80. The van der Waals surface area contributed by atoms with Gasteiger partial charge in [-0.1, -0.05) is 0 Å². The van der Waals surface area contributed by atoms with Crippen LogP contribution in [0.1, 0.15) is 5.69 Å². The van der Waals surface area contributed by atoms with Crippen molar-refractivity contribution in [2.75, 3.05) is 5.73 Å². The van der Waals surface area contributed by atoms with Gasteiger partial charge in [-0.3, -0.25) is 19.8 Å². The van der Waals surface area contributed by atoms with Crippen molar-refractivity contribution >= 4 is 22.4 Å². The minimum Gasteiger partial charge on any atom is -0.382 e. The average Bonchev–Trinajstić information content (AvgIpc) is 2.84. The summed E-state index contributed by atoms with van der Waals surface area (Å²) in [5.41, 5.74) is 6.86. The number of benzene rings is 1. The van der Waals surface area contributed by atoms with Gasteiger partial charge in [-0.2, -0.15) is 5.10 Å². The summed E-state index contributed by atoms with van der Waals surface area (Å²) in [7, 11) is 0. The van der Waals surface area contributed by atoms with Crippen molar-refractivity contribution in [2.45, 2.75) is 6.54 Å². The molecule has 0 aliphatic rings. The molecule has 0 saturated carbocycles. The van der Waals surface area contributed by atoms with Gasteiger partial charge in [0.05, 0.1) is 41.3 Å². The fraction of sp³-hybridized carbons (Fsp3) is 0.0833. The van der Waals surface area contributed by atoms with Gasteiger partial charge in [0.1, 0.15) is 5.82 Å². The number of nitrogens with zero attached hydrogens (tertiary/aromatic N) is 5. The highest BCUT2D eigenvalue weighted by Gasteiger charge is 2.10. The molecule has 0 atom stereocenters. The standard InChI is InChI=1S/C12H10N6O2/c13-12-6-14-9(5-15-12)7-17-11-3-10(18(19)20)2-1-8(11)4-16-17/h1-6H,7H2,(H2,13,15). The molecule has 0 amide bonds. The maximum atomic E-state index is 10.8. The number of rotatable bonds is 3. The third-order valence-corrected chi connectivity index (χ3v) is 2.88. The molecule has 0 aliphatic carbocycles. The molecule has 3 aromatic rings. The maximum Gasteiger partial charge on any atom is 0.271 e. The van der Waals surface area contributed by atoms with Gasteiger partial charge in [-0.25, -0.2) is 4.98 Å². The lowest BCUT2D eigenvalue weighted by atomic mass is 10.2. The van der Waals surface area contributed by atoms with Crippen LogP contribution in [-0.2, 0) is 6.54 Å². The van der Waals surface area contributed by atoms with Crippen molar-refractivity contribution in [3.05, 3.63) is 52.6 Å². The summed E-state index contributed by atoms with van der Waals surface area (Å²) in [5, 5.41) is 15.9. The highest BCUT2D eigenvalue weighted by atomic mass is 16.6. The number of hydrogen-bond donors (Lipinski definition) is 1. The molecule has 8 nitrogen and oxygen atoms in total. The number of nitrogen functional groups attached to an aromatic ring is 1. The lowest BCUT2D eigenvalue weighted by Crippen LogP contribution is -2.04. The van der Waals surface area contributed by atoms with Gasteiger partial charge in [0.25, 0.3) is 5.69 Å². The first-order valence-electron chi connectivity index (χ1n) is 5.80. The van der Waals surface area contributed by atoms with E-state index in [9.17, 15) is 10.1 Å². The summed E-state index contributed by atoms with van der Waals surface area (Å²) in [6, 6.07) is 4.62. The summed E-state index contributed by atoms with van der Waals surface area (Å²) in [4.78, 5) is 18.5. The Hall–Kier alpha value is -3.03. The maximum absolute atomic E-state index is 10.8. The third-order valence-electron chi connectivity index (χ3n) is 2.88. The number of anilines is 1. The molecule has 100 valence electrons. The second kappa shape index (κ2) is 4.57. The van der Waals surface area contributed by atoms with Crippen LogP contribution in [-0.4, -0.2) is 24.7 Å².